The third-order valence-corrected chi connectivity index (χ3v) is 7.74. The Morgan fingerprint density at radius 3 is 2.87 bits per heavy atom. The van der Waals surface area contributed by atoms with E-state index in [0.29, 0.717) is 24.2 Å². The van der Waals surface area contributed by atoms with Crippen LogP contribution in [-0.4, -0.2) is 17.9 Å². The summed E-state index contributed by atoms with van der Waals surface area (Å²) in [6.07, 6.45) is 12.7. The van der Waals surface area contributed by atoms with Crippen LogP contribution in [0.2, 0.25) is 0 Å². The first kappa shape index (κ1) is 15.2. The minimum absolute atomic E-state index is 0.0608. The normalized spacial score (nSPS) is 48.1. The van der Waals surface area contributed by atoms with E-state index in [4.69, 9.17) is 5.73 Å². The van der Waals surface area contributed by atoms with Crippen LogP contribution in [0.3, 0.4) is 0 Å². The van der Waals surface area contributed by atoms with E-state index in [2.05, 4.69) is 18.3 Å². The Morgan fingerprint density at radius 2 is 2.09 bits per heavy atom. The fourth-order valence-corrected chi connectivity index (χ4v) is 6.78. The standard InChI is InChI=1S/C19H28N2O2/c1-18-9-7-17(23)21-15(18)5-4-12-13(18)6-10-19(11-16(20)22)8-2-3-14(12)19/h7,9,12-15H,2-6,8,10-11H2,1H3,(H2,20,22)(H,21,23)/t12-,13+,14+,15?,18-,19+/m1/s1. The Balaban J connectivity index is 1.65. The number of fused-ring (bicyclic) bond motifs is 5. The summed E-state index contributed by atoms with van der Waals surface area (Å²) in [5, 5.41) is 3.19. The van der Waals surface area contributed by atoms with Crippen molar-refractivity contribution in [1.29, 1.82) is 0 Å². The van der Waals surface area contributed by atoms with E-state index in [1.54, 1.807) is 6.08 Å². The van der Waals surface area contributed by atoms with E-state index >= 15 is 0 Å². The van der Waals surface area contributed by atoms with Gasteiger partial charge in [0.25, 0.3) is 0 Å². The van der Waals surface area contributed by atoms with Gasteiger partial charge < -0.3 is 11.1 Å². The molecule has 4 nitrogen and oxygen atoms in total. The number of carbonyl (C=O) groups is 2. The lowest BCUT2D eigenvalue weighted by molar-refractivity contribution is -0.128. The molecule has 0 aromatic rings. The molecule has 126 valence electrons. The lowest BCUT2D eigenvalue weighted by Crippen LogP contribution is -2.59. The Bertz CT molecular complexity index is 572. The van der Waals surface area contributed by atoms with Gasteiger partial charge in [0.2, 0.25) is 11.8 Å². The zero-order chi connectivity index (χ0) is 16.2. The smallest absolute Gasteiger partial charge is 0.243 e. The summed E-state index contributed by atoms with van der Waals surface area (Å²) >= 11 is 0. The number of rotatable bonds is 2. The molecule has 3 saturated carbocycles. The van der Waals surface area contributed by atoms with Crippen molar-refractivity contribution in [3.63, 3.8) is 0 Å². The van der Waals surface area contributed by atoms with Gasteiger partial charge in [-0.2, -0.15) is 0 Å². The van der Waals surface area contributed by atoms with Crippen molar-refractivity contribution in [2.75, 3.05) is 0 Å². The fraction of sp³-hybridized carbons (Fsp3) is 0.789. The second-order valence-electron chi connectivity index (χ2n) is 8.65. The molecule has 1 unspecified atom stereocenters. The molecule has 0 aromatic carbocycles. The lowest BCUT2D eigenvalue weighted by atomic mass is 9.48. The zero-order valence-electron chi connectivity index (χ0n) is 14.0. The largest absolute Gasteiger partial charge is 0.370 e. The van der Waals surface area contributed by atoms with Crippen LogP contribution in [-0.2, 0) is 9.59 Å². The van der Waals surface area contributed by atoms with Gasteiger partial charge in [0.1, 0.15) is 0 Å². The molecule has 3 N–H and O–H groups in total. The van der Waals surface area contributed by atoms with Gasteiger partial charge in [-0.1, -0.05) is 19.4 Å². The maximum absolute atomic E-state index is 11.7. The van der Waals surface area contributed by atoms with Gasteiger partial charge in [0, 0.05) is 17.9 Å². The zero-order valence-corrected chi connectivity index (χ0v) is 14.0. The third kappa shape index (κ3) is 2.17. The van der Waals surface area contributed by atoms with Crippen molar-refractivity contribution >= 4 is 11.8 Å². The summed E-state index contributed by atoms with van der Waals surface area (Å²) in [5.41, 5.74) is 5.85. The highest BCUT2D eigenvalue weighted by Crippen LogP contribution is 2.64. The number of primary amides is 1. The van der Waals surface area contributed by atoms with Crippen LogP contribution in [0.15, 0.2) is 12.2 Å². The summed E-state index contributed by atoms with van der Waals surface area (Å²) in [5.74, 6) is 1.90. The number of hydrogen-bond acceptors (Lipinski definition) is 2. The molecule has 3 aliphatic carbocycles. The first-order valence-corrected chi connectivity index (χ1v) is 9.23. The number of carbonyl (C=O) groups excluding carboxylic acids is 2. The predicted molar refractivity (Wildman–Crippen MR) is 88.2 cm³/mol. The molecule has 6 atom stereocenters. The third-order valence-electron chi connectivity index (χ3n) is 7.74. The second kappa shape index (κ2) is 5.09. The summed E-state index contributed by atoms with van der Waals surface area (Å²) in [6, 6.07) is 0.284. The SMILES string of the molecule is C[C@]12C=CC(=O)NC1CC[C@H]1[C@@H]3CCC[C@@]3(CC(N)=O)CC[C@@H]12. The Hall–Kier alpha value is -1.32. The van der Waals surface area contributed by atoms with Crippen molar-refractivity contribution in [3.8, 4) is 0 Å². The van der Waals surface area contributed by atoms with Gasteiger partial charge in [-0.3, -0.25) is 9.59 Å². The fourth-order valence-electron chi connectivity index (χ4n) is 6.78. The molecule has 2 amide bonds. The molecule has 1 aliphatic heterocycles. The quantitative estimate of drug-likeness (QED) is 0.821. The van der Waals surface area contributed by atoms with Crippen LogP contribution in [0.1, 0.15) is 58.3 Å². The van der Waals surface area contributed by atoms with Gasteiger partial charge in [-0.25, -0.2) is 0 Å². The minimum atomic E-state index is -0.125. The highest BCUT2D eigenvalue weighted by atomic mass is 16.1. The molecule has 4 rings (SSSR count). The van der Waals surface area contributed by atoms with Crippen molar-refractivity contribution in [3.05, 3.63) is 12.2 Å². The Morgan fingerprint density at radius 1 is 1.26 bits per heavy atom. The molecule has 0 spiro atoms. The molecule has 0 radical (unpaired) electrons. The average molecular weight is 316 g/mol. The van der Waals surface area contributed by atoms with Crippen molar-refractivity contribution in [1.82, 2.24) is 5.32 Å². The van der Waals surface area contributed by atoms with E-state index < -0.39 is 0 Å². The lowest BCUT2D eigenvalue weighted by Gasteiger charge is -2.58. The predicted octanol–water partition coefficient (Wildman–Crippen LogP) is 2.53. The molecular weight excluding hydrogens is 288 g/mol. The van der Waals surface area contributed by atoms with Crippen LogP contribution in [0.5, 0.6) is 0 Å². The van der Waals surface area contributed by atoms with Gasteiger partial charge in [-0.15, -0.1) is 0 Å². The average Bonchev–Trinajstić information content (AvgIpc) is 2.90. The maximum Gasteiger partial charge on any atom is 0.243 e. The van der Waals surface area contributed by atoms with Gasteiger partial charge in [0.05, 0.1) is 0 Å². The van der Waals surface area contributed by atoms with Crippen molar-refractivity contribution in [2.24, 2.45) is 34.3 Å². The molecule has 0 bridgehead atoms. The minimum Gasteiger partial charge on any atom is -0.370 e. The van der Waals surface area contributed by atoms with Crippen LogP contribution in [0.25, 0.3) is 0 Å². The Labute approximate surface area is 138 Å². The summed E-state index contributed by atoms with van der Waals surface area (Å²) in [4.78, 5) is 23.4. The van der Waals surface area contributed by atoms with E-state index in [-0.39, 0.29) is 28.7 Å². The number of nitrogens with two attached hydrogens (primary N) is 1. The molecule has 3 fully saturated rings. The van der Waals surface area contributed by atoms with Crippen LogP contribution in [0.4, 0.5) is 0 Å². The first-order chi connectivity index (χ1) is 10.9. The molecule has 23 heavy (non-hydrogen) atoms. The van der Waals surface area contributed by atoms with Crippen molar-refractivity contribution in [2.45, 2.75) is 64.3 Å². The van der Waals surface area contributed by atoms with Crippen molar-refractivity contribution < 1.29 is 9.59 Å². The summed E-state index contributed by atoms with van der Waals surface area (Å²) < 4.78 is 0. The van der Waals surface area contributed by atoms with Crippen LogP contribution >= 0.6 is 0 Å². The second-order valence-corrected chi connectivity index (χ2v) is 8.65. The number of amides is 2. The van der Waals surface area contributed by atoms with E-state index in [0.717, 1.165) is 12.8 Å². The topological polar surface area (TPSA) is 72.2 Å². The maximum atomic E-state index is 11.7. The monoisotopic (exact) mass is 316 g/mol. The van der Waals surface area contributed by atoms with E-state index in [1.807, 2.05) is 0 Å². The van der Waals surface area contributed by atoms with E-state index in [1.165, 1.54) is 32.1 Å². The molecular formula is C19H28N2O2. The van der Waals surface area contributed by atoms with E-state index in [9.17, 15) is 9.59 Å². The summed E-state index contributed by atoms with van der Waals surface area (Å²) in [6.45, 7) is 2.33. The van der Waals surface area contributed by atoms with Gasteiger partial charge in [0.15, 0.2) is 0 Å². The Kier molecular flexibility index (Phi) is 3.37. The highest BCUT2D eigenvalue weighted by Gasteiger charge is 2.58. The highest BCUT2D eigenvalue weighted by molar-refractivity contribution is 5.89. The molecule has 4 heteroatoms. The van der Waals surface area contributed by atoms with Gasteiger partial charge >= 0.3 is 0 Å². The molecule has 0 saturated heterocycles. The molecule has 0 aromatic heterocycles. The van der Waals surface area contributed by atoms with Gasteiger partial charge in [-0.05, 0) is 67.8 Å². The van der Waals surface area contributed by atoms with Crippen LogP contribution < -0.4 is 11.1 Å². The van der Waals surface area contributed by atoms with Crippen LogP contribution in [0, 0.1) is 28.6 Å². The first-order valence-electron chi connectivity index (χ1n) is 9.23. The summed E-state index contributed by atoms with van der Waals surface area (Å²) in [7, 11) is 0. The number of nitrogens with one attached hydrogen (secondary N) is 1. The molecule has 4 aliphatic rings. The number of hydrogen-bond donors (Lipinski definition) is 2. The molecule has 1 heterocycles.